The second-order valence-corrected chi connectivity index (χ2v) is 6.90. The summed E-state index contributed by atoms with van der Waals surface area (Å²) in [4.78, 5) is 48.0. The Balaban J connectivity index is 5.20. The third kappa shape index (κ3) is 11.6. The maximum atomic E-state index is 12.7. The lowest BCUT2D eigenvalue weighted by atomic mass is 10.0. The molecular formula is C17H34N6O5S. The van der Waals surface area contributed by atoms with Crippen LogP contribution in [-0.4, -0.2) is 72.3 Å². The minimum Gasteiger partial charge on any atom is -0.480 e. The van der Waals surface area contributed by atoms with Gasteiger partial charge in [-0.05, 0) is 51.6 Å². The van der Waals surface area contributed by atoms with Crippen LogP contribution in [0.25, 0.3) is 0 Å². The first-order valence-corrected chi connectivity index (χ1v) is 10.3. The molecule has 0 aromatic heterocycles. The Morgan fingerprint density at radius 1 is 0.759 bits per heavy atom. The van der Waals surface area contributed by atoms with Crippen LogP contribution in [0.15, 0.2) is 0 Å². The molecule has 0 aliphatic carbocycles. The quantitative estimate of drug-likeness (QED) is 0.0975. The fourth-order valence-electron chi connectivity index (χ4n) is 2.51. The van der Waals surface area contributed by atoms with Crippen LogP contribution in [-0.2, 0) is 19.2 Å². The summed E-state index contributed by atoms with van der Waals surface area (Å²) in [5.74, 6) is -3.01. The lowest BCUT2D eigenvalue weighted by Crippen LogP contribution is -2.56. The van der Waals surface area contributed by atoms with Gasteiger partial charge in [0, 0.05) is 5.75 Å². The van der Waals surface area contributed by atoms with E-state index in [1.807, 2.05) is 0 Å². The van der Waals surface area contributed by atoms with E-state index in [0.29, 0.717) is 45.2 Å². The molecule has 0 fully saturated rings. The first-order chi connectivity index (χ1) is 13.8. The second-order valence-electron chi connectivity index (χ2n) is 6.54. The molecule has 0 unspecified atom stereocenters. The van der Waals surface area contributed by atoms with Gasteiger partial charge in [0.1, 0.15) is 18.1 Å². The fourth-order valence-corrected chi connectivity index (χ4v) is 2.75. The first-order valence-electron chi connectivity index (χ1n) is 9.64. The molecule has 0 aliphatic rings. The molecule has 0 spiro atoms. The van der Waals surface area contributed by atoms with Gasteiger partial charge in [-0.25, -0.2) is 4.79 Å². The summed E-state index contributed by atoms with van der Waals surface area (Å²) < 4.78 is 0. The molecule has 11 nitrogen and oxygen atoms in total. The van der Waals surface area contributed by atoms with Crippen molar-refractivity contribution in [3.8, 4) is 0 Å². The molecule has 0 rings (SSSR count). The normalized spacial score (nSPS) is 13.8. The zero-order valence-corrected chi connectivity index (χ0v) is 17.5. The predicted molar refractivity (Wildman–Crippen MR) is 112 cm³/mol. The van der Waals surface area contributed by atoms with Crippen LogP contribution in [0.3, 0.4) is 0 Å². The highest BCUT2D eigenvalue weighted by molar-refractivity contribution is 7.80. The Bertz CT molecular complexity index is 536. The van der Waals surface area contributed by atoms with Gasteiger partial charge in [0.2, 0.25) is 17.7 Å². The minimum absolute atomic E-state index is 0.0984. The number of amides is 3. The van der Waals surface area contributed by atoms with E-state index in [4.69, 9.17) is 22.3 Å². The van der Waals surface area contributed by atoms with Gasteiger partial charge in [-0.3, -0.25) is 14.4 Å². The molecule has 0 bridgehead atoms. The van der Waals surface area contributed by atoms with E-state index in [1.165, 1.54) is 0 Å². The van der Waals surface area contributed by atoms with Crippen LogP contribution in [0.1, 0.15) is 38.5 Å². The van der Waals surface area contributed by atoms with Gasteiger partial charge in [0.05, 0.1) is 6.54 Å². The van der Waals surface area contributed by atoms with E-state index in [1.54, 1.807) is 0 Å². The van der Waals surface area contributed by atoms with Gasteiger partial charge >= 0.3 is 5.97 Å². The van der Waals surface area contributed by atoms with E-state index in [9.17, 15) is 19.2 Å². The van der Waals surface area contributed by atoms with Crippen molar-refractivity contribution in [1.29, 1.82) is 0 Å². The highest BCUT2D eigenvalue weighted by atomic mass is 32.1. The molecule has 0 aliphatic heterocycles. The molecule has 0 saturated carbocycles. The van der Waals surface area contributed by atoms with Gasteiger partial charge in [-0.2, -0.15) is 12.6 Å². The Kier molecular flexibility index (Phi) is 14.9. The van der Waals surface area contributed by atoms with Crippen molar-refractivity contribution >= 4 is 36.3 Å². The van der Waals surface area contributed by atoms with E-state index in [2.05, 4.69) is 28.6 Å². The van der Waals surface area contributed by atoms with Crippen LogP contribution >= 0.6 is 12.6 Å². The van der Waals surface area contributed by atoms with Gasteiger partial charge < -0.3 is 38.3 Å². The van der Waals surface area contributed by atoms with Gasteiger partial charge in [0.15, 0.2) is 0 Å². The van der Waals surface area contributed by atoms with Gasteiger partial charge in [-0.1, -0.05) is 0 Å². The zero-order chi connectivity index (χ0) is 22.2. The number of hydrogen-bond donors (Lipinski definition) is 8. The predicted octanol–water partition coefficient (Wildman–Crippen LogP) is -2.33. The lowest BCUT2D eigenvalue weighted by molar-refractivity contribution is -0.141. The number of carboxylic acid groups (broad SMARTS) is 1. The minimum atomic E-state index is -1.23. The summed E-state index contributed by atoms with van der Waals surface area (Å²) in [5.41, 5.74) is 16.2. The van der Waals surface area contributed by atoms with Crippen molar-refractivity contribution in [2.24, 2.45) is 17.2 Å². The largest absolute Gasteiger partial charge is 0.480 e. The Morgan fingerprint density at radius 3 is 1.59 bits per heavy atom. The lowest BCUT2D eigenvalue weighted by Gasteiger charge is -2.24. The molecule has 0 heterocycles. The molecule has 12 heteroatoms. The Labute approximate surface area is 176 Å². The maximum absolute atomic E-state index is 12.7. The van der Waals surface area contributed by atoms with Crippen molar-refractivity contribution < 1.29 is 24.3 Å². The third-order valence-electron chi connectivity index (χ3n) is 4.16. The molecule has 0 saturated heterocycles. The zero-order valence-electron chi connectivity index (χ0n) is 16.6. The summed E-state index contributed by atoms with van der Waals surface area (Å²) in [5, 5.41) is 16.6. The SMILES string of the molecule is NCCCC[C@H](NC(=O)CN)C(=O)N[C@@H](CCCCN)C(=O)N[C@H](CS)C(=O)O. The van der Waals surface area contributed by atoms with E-state index >= 15 is 0 Å². The summed E-state index contributed by atoms with van der Waals surface area (Å²) >= 11 is 3.91. The summed E-state index contributed by atoms with van der Waals surface area (Å²) in [7, 11) is 0. The average molecular weight is 435 g/mol. The van der Waals surface area contributed by atoms with Crippen molar-refractivity contribution in [2.75, 3.05) is 25.4 Å². The number of carbonyl (C=O) groups excluding carboxylic acids is 3. The number of carbonyl (C=O) groups is 4. The van der Waals surface area contributed by atoms with Crippen molar-refractivity contribution in [3.63, 3.8) is 0 Å². The number of hydrogen-bond acceptors (Lipinski definition) is 8. The van der Waals surface area contributed by atoms with Crippen LogP contribution in [0.4, 0.5) is 0 Å². The standard InChI is InChI=1S/C17H34N6O5S/c18-7-3-1-5-11(21-14(24)9-20)15(25)22-12(6-2-4-8-19)16(26)23-13(10-29)17(27)28/h11-13,29H,1-10,18-20H2,(H,21,24)(H,22,25)(H,23,26)(H,27,28)/t11-,12-,13+/m0/s1. The van der Waals surface area contributed by atoms with Crippen molar-refractivity contribution in [2.45, 2.75) is 56.7 Å². The monoisotopic (exact) mass is 434 g/mol. The average Bonchev–Trinajstić information content (AvgIpc) is 2.69. The van der Waals surface area contributed by atoms with E-state index in [0.717, 1.165) is 0 Å². The molecular weight excluding hydrogens is 400 g/mol. The highest BCUT2D eigenvalue weighted by Crippen LogP contribution is 2.06. The fraction of sp³-hybridized carbons (Fsp3) is 0.765. The topological polar surface area (TPSA) is 203 Å². The Morgan fingerprint density at radius 2 is 1.21 bits per heavy atom. The first kappa shape index (κ1) is 27.1. The summed E-state index contributed by atoms with van der Waals surface area (Å²) in [6.07, 6.45) is 3.07. The molecule has 3 atom stereocenters. The van der Waals surface area contributed by atoms with Crippen molar-refractivity contribution in [3.05, 3.63) is 0 Å². The number of nitrogens with two attached hydrogens (primary N) is 3. The van der Waals surface area contributed by atoms with E-state index < -0.39 is 41.8 Å². The molecule has 0 radical (unpaired) electrons. The summed E-state index contributed by atoms with van der Waals surface area (Å²) in [6.45, 7) is 0.595. The number of aliphatic carboxylic acids is 1. The molecule has 3 amide bonds. The molecule has 10 N–H and O–H groups in total. The van der Waals surface area contributed by atoms with Gasteiger partial charge in [0.25, 0.3) is 0 Å². The Hall–Kier alpha value is -1.89. The van der Waals surface area contributed by atoms with Gasteiger partial charge in [-0.15, -0.1) is 0 Å². The number of carboxylic acids is 1. The highest BCUT2D eigenvalue weighted by Gasteiger charge is 2.28. The number of rotatable bonds is 16. The van der Waals surface area contributed by atoms with Crippen LogP contribution in [0.5, 0.6) is 0 Å². The third-order valence-corrected chi connectivity index (χ3v) is 4.53. The number of thiol groups is 1. The molecule has 0 aromatic rings. The molecule has 0 aromatic carbocycles. The van der Waals surface area contributed by atoms with Crippen LogP contribution in [0, 0.1) is 0 Å². The van der Waals surface area contributed by atoms with Crippen molar-refractivity contribution in [1.82, 2.24) is 16.0 Å². The second kappa shape index (κ2) is 16.0. The maximum Gasteiger partial charge on any atom is 0.327 e. The number of unbranched alkanes of at least 4 members (excludes halogenated alkanes) is 2. The smallest absolute Gasteiger partial charge is 0.327 e. The molecule has 29 heavy (non-hydrogen) atoms. The van der Waals surface area contributed by atoms with E-state index in [-0.39, 0.29) is 18.7 Å². The van der Waals surface area contributed by atoms with Crippen LogP contribution < -0.4 is 33.2 Å². The molecule has 168 valence electrons. The summed E-state index contributed by atoms with van der Waals surface area (Å²) in [6, 6.07) is -3.03. The van der Waals surface area contributed by atoms with Crippen LogP contribution in [0.2, 0.25) is 0 Å². The number of nitrogens with one attached hydrogen (secondary N) is 3.